The Morgan fingerprint density at radius 2 is 1.29 bits per heavy atom. The van der Waals surface area contributed by atoms with Gasteiger partial charge in [-0.25, -0.2) is 0 Å². The Morgan fingerprint density at radius 1 is 0.657 bits per heavy atom. The molecule has 0 radical (unpaired) electrons. The standard InChI is InChI=1S/C19H34O15S/c1-30-17-15(29)16(34-19-14(28)12(26)10(24)7(3-21)35-19)9(23)6(33-17)4-31-18-13(27)11(25)8(22)5(2-20)32-18/h5-29H,2-4H2,1H3/t5-,6-,7-,8+,9+,10+,11-,12-,13+,14+,15+,16-,17-,18-,19-/m0/s1. The molecular weight excluding hydrogens is 500 g/mol. The van der Waals surface area contributed by atoms with E-state index < -0.39 is 110 Å². The summed E-state index contributed by atoms with van der Waals surface area (Å²) in [6, 6.07) is 0. The molecule has 0 amide bonds. The van der Waals surface area contributed by atoms with Crippen LogP contribution in [-0.4, -0.2) is 168 Å². The molecule has 0 aromatic rings. The number of aliphatic hydroxyl groups excluding tert-OH is 10. The van der Waals surface area contributed by atoms with Crippen LogP contribution in [0, 0.1) is 0 Å². The van der Waals surface area contributed by atoms with Crippen LogP contribution in [0.2, 0.25) is 0 Å². The molecule has 0 bridgehead atoms. The lowest BCUT2D eigenvalue weighted by Gasteiger charge is -2.46. The number of rotatable bonds is 8. The van der Waals surface area contributed by atoms with Crippen molar-refractivity contribution in [2.75, 3.05) is 26.9 Å². The SMILES string of the molecule is CO[C@H]1O[C@@H](CO[C@H]2O[C@@H](CO)[C@@H](O)[C@H](O)[C@H]2O)[C@@H](O)[C@H](O[C@H]2S[C@@H](CO)[C@@H](O)[C@H](O)[C@H]2O)[C@H]1O. The van der Waals surface area contributed by atoms with E-state index in [4.69, 9.17) is 23.7 Å². The van der Waals surface area contributed by atoms with Crippen LogP contribution in [0.4, 0.5) is 0 Å². The molecule has 0 aromatic heterocycles. The van der Waals surface area contributed by atoms with Crippen LogP contribution in [0.15, 0.2) is 0 Å². The lowest BCUT2D eigenvalue weighted by atomic mass is 9.98. The van der Waals surface area contributed by atoms with E-state index in [9.17, 15) is 51.1 Å². The first-order valence-electron chi connectivity index (χ1n) is 11.0. The van der Waals surface area contributed by atoms with E-state index in [-0.39, 0.29) is 0 Å². The van der Waals surface area contributed by atoms with Crippen molar-refractivity contribution < 1.29 is 74.7 Å². The summed E-state index contributed by atoms with van der Waals surface area (Å²) in [5.41, 5.74) is -1.26. The summed E-state index contributed by atoms with van der Waals surface area (Å²) in [6.45, 7) is -1.69. The number of hydrogen-bond acceptors (Lipinski definition) is 16. The molecule has 3 saturated heterocycles. The molecule has 15 atom stereocenters. The first-order chi connectivity index (χ1) is 16.5. The molecule has 0 aliphatic carbocycles. The van der Waals surface area contributed by atoms with E-state index >= 15 is 0 Å². The zero-order chi connectivity index (χ0) is 26.0. The lowest BCUT2D eigenvalue weighted by Crippen LogP contribution is -2.63. The average molecular weight is 535 g/mol. The highest BCUT2D eigenvalue weighted by atomic mass is 32.2. The fourth-order valence-electron chi connectivity index (χ4n) is 4.13. The molecule has 0 aromatic carbocycles. The van der Waals surface area contributed by atoms with Crippen LogP contribution in [0.25, 0.3) is 0 Å². The van der Waals surface area contributed by atoms with Gasteiger partial charge in [0.15, 0.2) is 12.6 Å². The van der Waals surface area contributed by atoms with E-state index in [1.807, 2.05) is 0 Å². The fraction of sp³-hybridized carbons (Fsp3) is 1.00. The van der Waals surface area contributed by atoms with E-state index in [2.05, 4.69) is 0 Å². The van der Waals surface area contributed by atoms with Crippen molar-refractivity contribution in [1.82, 2.24) is 0 Å². The van der Waals surface area contributed by atoms with Crippen molar-refractivity contribution in [3.63, 3.8) is 0 Å². The van der Waals surface area contributed by atoms with Crippen LogP contribution in [0.5, 0.6) is 0 Å². The smallest absolute Gasteiger partial charge is 0.186 e. The Morgan fingerprint density at radius 3 is 1.89 bits per heavy atom. The van der Waals surface area contributed by atoms with Gasteiger partial charge in [0.25, 0.3) is 0 Å². The molecule has 0 unspecified atom stereocenters. The van der Waals surface area contributed by atoms with Crippen LogP contribution >= 0.6 is 11.8 Å². The maximum absolute atomic E-state index is 10.8. The molecule has 15 nitrogen and oxygen atoms in total. The molecular formula is C19H34O15S. The summed E-state index contributed by atoms with van der Waals surface area (Å²) in [4.78, 5) is 0. The third-order valence-electron chi connectivity index (χ3n) is 6.29. The Bertz CT molecular complexity index is 658. The molecule has 3 fully saturated rings. The minimum atomic E-state index is -1.69. The van der Waals surface area contributed by atoms with Crippen molar-refractivity contribution in [2.45, 2.75) is 90.4 Å². The molecule has 3 heterocycles. The fourth-order valence-corrected chi connectivity index (χ4v) is 5.39. The van der Waals surface area contributed by atoms with Gasteiger partial charge in [-0.15, -0.1) is 11.8 Å². The van der Waals surface area contributed by atoms with Crippen molar-refractivity contribution in [1.29, 1.82) is 0 Å². The van der Waals surface area contributed by atoms with Gasteiger partial charge >= 0.3 is 0 Å². The molecule has 0 spiro atoms. The lowest BCUT2D eigenvalue weighted by molar-refractivity contribution is -0.333. The summed E-state index contributed by atoms with van der Waals surface area (Å²) in [5.74, 6) is 0. The first-order valence-corrected chi connectivity index (χ1v) is 11.9. The minimum absolute atomic E-state index is 0.489. The third kappa shape index (κ3) is 6.09. The Labute approximate surface area is 204 Å². The number of hydrogen-bond donors (Lipinski definition) is 10. The molecule has 3 rings (SSSR count). The topological polar surface area (TPSA) is 248 Å². The van der Waals surface area contributed by atoms with Gasteiger partial charge < -0.3 is 74.7 Å². The first kappa shape index (κ1) is 29.3. The van der Waals surface area contributed by atoms with Crippen molar-refractivity contribution in [3.05, 3.63) is 0 Å². The number of aliphatic hydroxyl groups is 10. The van der Waals surface area contributed by atoms with E-state index in [1.165, 1.54) is 7.11 Å². The Balaban J connectivity index is 1.69. The predicted molar refractivity (Wildman–Crippen MR) is 113 cm³/mol. The van der Waals surface area contributed by atoms with Gasteiger partial charge in [0.2, 0.25) is 0 Å². The van der Waals surface area contributed by atoms with Crippen molar-refractivity contribution in [2.24, 2.45) is 0 Å². The molecule has 0 saturated carbocycles. The van der Waals surface area contributed by atoms with Crippen molar-refractivity contribution >= 4 is 11.8 Å². The van der Waals surface area contributed by atoms with Crippen LogP contribution in [0.1, 0.15) is 0 Å². The highest BCUT2D eigenvalue weighted by Crippen LogP contribution is 2.36. The van der Waals surface area contributed by atoms with Gasteiger partial charge in [0.1, 0.15) is 66.5 Å². The zero-order valence-corrected chi connectivity index (χ0v) is 19.5. The predicted octanol–water partition coefficient (Wildman–Crippen LogP) is -6.20. The third-order valence-corrected chi connectivity index (χ3v) is 7.72. The summed E-state index contributed by atoms with van der Waals surface area (Å²) in [6.07, 6.45) is -19.6. The molecule has 35 heavy (non-hydrogen) atoms. The summed E-state index contributed by atoms with van der Waals surface area (Å²) < 4.78 is 26.9. The molecule has 206 valence electrons. The molecule has 3 aliphatic rings. The van der Waals surface area contributed by atoms with Gasteiger partial charge in [-0.2, -0.15) is 0 Å². The van der Waals surface area contributed by atoms with Gasteiger partial charge in [-0.3, -0.25) is 0 Å². The molecule has 16 heteroatoms. The highest BCUT2D eigenvalue weighted by molar-refractivity contribution is 8.00. The van der Waals surface area contributed by atoms with Gasteiger partial charge in [0.05, 0.1) is 31.2 Å². The Kier molecular flexibility index (Phi) is 10.5. The summed E-state index contributed by atoms with van der Waals surface area (Å²) in [7, 11) is 1.21. The van der Waals surface area contributed by atoms with Crippen LogP contribution < -0.4 is 0 Å². The number of methoxy groups -OCH3 is 1. The normalized spacial score (nSPS) is 51.3. The monoisotopic (exact) mass is 534 g/mol. The van der Waals surface area contributed by atoms with Gasteiger partial charge in [0, 0.05) is 7.11 Å². The second-order valence-electron chi connectivity index (χ2n) is 8.59. The zero-order valence-electron chi connectivity index (χ0n) is 18.7. The average Bonchev–Trinajstić information content (AvgIpc) is 2.85. The summed E-state index contributed by atoms with van der Waals surface area (Å²) in [5, 5.41) is 99.5. The van der Waals surface area contributed by atoms with Gasteiger partial charge in [-0.05, 0) is 0 Å². The van der Waals surface area contributed by atoms with Gasteiger partial charge in [-0.1, -0.05) is 0 Å². The molecule has 3 aliphatic heterocycles. The number of thioether (sulfide) groups is 1. The second kappa shape index (κ2) is 12.5. The van der Waals surface area contributed by atoms with E-state index in [0.29, 0.717) is 0 Å². The second-order valence-corrected chi connectivity index (χ2v) is 9.93. The number of ether oxygens (including phenoxy) is 5. The summed E-state index contributed by atoms with van der Waals surface area (Å²) >= 11 is 0.803. The van der Waals surface area contributed by atoms with Crippen LogP contribution in [-0.2, 0) is 23.7 Å². The van der Waals surface area contributed by atoms with Crippen molar-refractivity contribution in [3.8, 4) is 0 Å². The maximum Gasteiger partial charge on any atom is 0.186 e. The van der Waals surface area contributed by atoms with E-state index in [1.54, 1.807) is 0 Å². The largest absolute Gasteiger partial charge is 0.395 e. The maximum atomic E-state index is 10.8. The van der Waals surface area contributed by atoms with E-state index in [0.717, 1.165) is 11.8 Å². The minimum Gasteiger partial charge on any atom is -0.395 e. The molecule has 10 N–H and O–H groups in total. The van der Waals surface area contributed by atoms with Crippen LogP contribution in [0.3, 0.4) is 0 Å². The Hall–Kier alpha value is -0.250. The quantitative estimate of drug-likeness (QED) is 0.139. The highest BCUT2D eigenvalue weighted by Gasteiger charge is 2.51.